The summed E-state index contributed by atoms with van der Waals surface area (Å²) in [6.45, 7) is 4.50. The molecule has 1 amide bonds. The second kappa shape index (κ2) is 18.2. The first-order chi connectivity index (χ1) is 10.3. The minimum atomic E-state index is 0.976. The van der Waals surface area contributed by atoms with Gasteiger partial charge in [-0.3, -0.25) is 4.79 Å². The van der Waals surface area contributed by atoms with Crippen LogP contribution in [0.3, 0.4) is 0 Å². The zero-order valence-corrected chi connectivity index (χ0v) is 15.8. The summed E-state index contributed by atoms with van der Waals surface area (Å²) in [5.41, 5.74) is 0. The number of rotatable bonds is 17. The van der Waals surface area contributed by atoms with Crippen LogP contribution in [0.4, 0.5) is 0 Å². The maximum atomic E-state index is 11.0. The molecular weight excluding hydrogens is 298 g/mol. The van der Waals surface area contributed by atoms with E-state index in [4.69, 9.17) is 0 Å². The number of carbonyl (C=O) groups excluding carboxylic acids is 1. The maximum Gasteiger partial charge on any atom is 0.229 e. The van der Waals surface area contributed by atoms with E-state index in [-0.39, 0.29) is 0 Å². The highest BCUT2D eigenvalue weighted by Crippen LogP contribution is 2.22. The average molecular weight is 334 g/mol. The van der Waals surface area contributed by atoms with E-state index in [9.17, 15) is 4.79 Å². The largest absolute Gasteiger partial charge is 0.277 e. The lowest BCUT2D eigenvalue weighted by atomic mass is 10.1. The summed E-state index contributed by atoms with van der Waals surface area (Å²) >= 11 is 3.37. The molecule has 0 aliphatic heterocycles. The standard InChI is InChI=1S/C17H35NOS2/c1-3-5-7-9-11-13-15-20-18(17-19)21-16-14-12-10-8-6-4-2/h17H,3-16H2,1-2H3. The molecule has 0 aliphatic rings. The van der Waals surface area contributed by atoms with Gasteiger partial charge >= 0.3 is 0 Å². The monoisotopic (exact) mass is 333 g/mol. The zero-order valence-electron chi connectivity index (χ0n) is 14.1. The van der Waals surface area contributed by atoms with E-state index in [2.05, 4.69) is 13.8 Å². The molecule has 0 aliphatic carbocycles. The Bertz CT molecular complexity index is 197. The normalized spacial score (nSPS) is 10.8. The molecule has 0 radical (unpaired) electrons. The first-order valence-corrected chi connectivity index (χ1v) is 10.7. The molecule has 2 nitrogen and oxygen atoms in total. The Labute approximate surface area is 141 Å². The van der Waals surface area contributed by atoms with Crippen molar-refractivity contribution in [2.45, 2.75) is 90.9 Å². The topological polar surface area (TPSA) is 20.3 Å². The molecule has 0 aromatic carbocycles. The van der Waals surface area contributed by atoms with Crippen molar-refractivity contribution in [3.05, 3.63) is 0 Å². The third kappa shape index (κ3) is 16.4. The minimum absolute atomic E-state index is 0.976. The second-order valence-corrected chi connectivity index (χ2v) is 7.94. The number of hydrogen-bond donors (Lipinski definition) is 0. The Morgan fingerprint density at radius 1 is 0.667 bits per heavy atom. The molecule has 0 aromatic heterocycles. The molecule has 0 atom stereocenters. The SMILES string of the molecule is CCCCCCCCSN(C=O)SCCCCCCCC. The van der Waals surface area contributed by atoms with Crippen LogP contribution in [0.5, 0.6) is 0 Å². The van der Waals surface area contributed by atoms with Gasteiger partial charge < -0.3 is 0 Å². The van der Waals surface area contributed by atoms with Gasteiger partial charge in [0.15, 0.2) is 0 Å². The van der Waals surface area contributed by atoms with Crippen molar-refractivity contribution in [3.8, 4) is 0 Å². The molecule has 0 fully saturated rings. The highest BCUT2D eigenvalue weighted by molar-refractivity contribution is 8.12. The average Bonchev–Trinajstić information content (AvgIpc) is 2.51. The van der Waals surface area contributed by atoms with E-state index in [0.29, 0.717) is 0 Å². The Kier molecular flexibility index (Phi) is 18.4. The molecule has 0 unspecified atom stereocenters. The van der Waals surface area contributed by atoms with Crippen molar-refractivity contribution in [1.82, 2.24) is 3.71 Å². The Morgan fingerprint density at radius 3 is 1.43 bits per heavy atom. The fourth-order valence-electron chi connectivity index (χ4n) is 2.17. The van der Waals surface area contributed by atoms with E-state index in [0.717, 1.165) is 17.9 Å². The predicted molar refractivity (Wildman–Crippen MR) is 99.6 cm³/mol. The summed E-state index contributed by atoms with van der Waals surface area (Å²) in [7, 11) is 0. The third-order valence-electron chi connectivity index (χ3n) is 3.52. The molecule has 0 heterocycles. The van der Waals surface area contributed by atoms with Crippen LogP contribution in [0.1, 0.15) is 90.9 Å². The zero-order chi connectivity index (χ0) is 15.6. The first kappa shape index (κ1) is 21.2. The Hall–Kier alpha value is 0.170. The van der Waals surface area contributed by atoms with Crippen molar-refractivity contribution in [3.63, 3.8) is 0 Å². The molecule has 0 saturated heterocycles. The van der Waals surface area contributed by atoms with Gasteiger partial charge in [-0.25, -0.2) is 3.71 Å². The molecular formula is C17H35NOS2. The van der Waals surface area contributed by atoms with E-state index in [1.807, 2.05) is 3.71 Å². The summed E-state index contributed by atoms with van der Waals surface area (Å²) in [4.78, 5) is 11.0. The van der Waals surface area contributed by atoms with Gasteiger partial charge in [0.25, 0.3) is 0 Å². The number of unbranched alkanes of at least 4 members (excludes halogenated alkanes) is 10. The van der Waals surface area contributed by atoms with Crippen molar-refractivity contribution < 1.29 is 4.79 Å². The van der Waals surface area contributed by atoms with E-state index >= 15 is 0 Å². The van der Waals surface area contributed by atoms with Crippen LogP contribution < -0.4 is 0 Å². The summed E-state index contributed by atoms with van der Waals surface area (Å²) in [5.74, 6) is 2.16. The lowest BCUT2D eigenvalue weighted by molar-refractivity contribution is -0.110. The van der Waals surface area contributed by atoms with Gasteiger partial charge in [-0.05, 0) is 36.7 Å². The smallest absolute Gasteiger partial charge is 0.229 e. The van der Waals surface area contributed by atoms with E-state index < -0.39 is 0 Å². The molecule has 0 spiro atoms. The highest BCUT2D eigenvalue weighted by Gasteiger charge is 2.03. The van der Waals surface area contributed by atoms with Gasteiger partial charge in [-0.2, -0.15) is 0 Å². The number of nitrogens with zero attached hydrogens (tertiary/aromatic N) is 1. The summed E-state index contributed by atoms with van der Waals surface area (Å²) in [5, 5.41) is 0. The van der Waals surface area contributed by atoms with E-state index in [1.165, 1.54) is 77.0 Å². The fourth-order valence-corrected chi connectivity index (χ4v) is 4.07. The van der Waals surface area contributed by atoms with Crippen molar-refractivity contribution >= 4 is 30.3 Å². The lowest BCUT2D eigenvalue weighted by Crippen LogP contribution is -2.05. The molecule has 0 aromatic rings. The first-order valence-electron chi connectivity index (χ1n) is 8.85. The molecule has 21 heavy (non-hydrogen) atoms. The quantitative estimate of drug-likeness (QED) is 0.173. The van der Waals surface area contributed by atoms with Crippen LogP contribution in [0, 0.1) is 0 Å². The summed E-state index contributed by atoms with van der Waals surface area (Å²) in [6, 6.07) is 0. The number of carbonyl (C=O) groups is 1. The maximum absolute atomic E-state index is 11.0. The molecule has 0 saturated carbocycles. The van der Waals surface area contributed by atoms with Crippen LogP contribution >= 0.6 is 23.9 Å². The van der Waals surface area contributed by atoms with Crippen LogP contribution in [0.15, 0.2) is 0 Å². The van der Waals surface area contributed by atoms with E-state index in [1.54, 1.807) is 23.9 Å². The van der Waals surface area contributed by atoms with Crippen LogP contribution in [-0.4, -0.2) is 21.6 Å². The highest BCUT2D eigenvalue weighted by atomic mass is 32.2. The fraction of sp³-hybridized carbons (Fsp3) is 0.941. The molecule has 4 heteroatoms. The molecule has 126 valence electrons. The summed E-state index contributed by atoms with van der Waals surface area (Å²) < 4.78 is 1.82. The van der Waals surface area contributed by atoms with Gasteiger partial charge in [-0.15, -0.1) is 0 Å². The Morgan fingerprint density at radius 2 is 1.05 bits per heavy atom. The third-order valence-corrected chi connectivity index (χ3v) is 5.77. The van der Waals surface area contributed by atoms with Crippen molar-refractivity contribution in [2.24, 2.45) is 0 Å². The number of amides is 1. The van der Waals surface area contributed by atoms with Crippen LogP contribution in [0.2, 0.25) is 0 Å². The van der Waals surface area contributed by atoms with Gasteiger partial charge in [0.05, 0.1) is 0 Å². The molecule has 0 N–H and O–H groups in total. The van der Waals surface area contributed by atoms with Crippen LogP contribution in [-0.2, 0) is 4.79 Å². The predicted octanol–water partition coefficient (Wildman–Crippen LogP) is 6.46. The minimum Gasteiger partial charge on any atom is -0.277 e. The second-order valence-electron chi connectivity index (χ2n) is 5.59. The lowest BCUT2D eigenvalue weighted by Gasteiger charge is -2.14. The van der Waals surface area contributed by atoms with Gasteiger partial charge in [0.1, 0.15) is 0 Å². The van der Waals surface area contributed by atoms with Gasteiger partial charge in [-0.1, -0.05) is 78.1 Å². The van der Waals surface area contributed by atoms with Gasteiger partial charge in [0, 0.05) is 11.5 Å². The van der Waals surface area contributed by atoms with Crippen molar-refractivity contribution in [2.75, 3.05) is 11.5 Å². The van der Waals surface area contributed by atoms with Gasteiger partial charge in [0.2, 0.25) is 6.41 Å². The molecule has 0 bridgehead atoms. The van der Waals surface area contributed by atoms with Crippen LogP contribution in [0.25, 0.3) is 0 Å². The van der Waals surface area contributed by atoms with Crippen molar-refractivity contribution in [1.29, 1.82) is 0 Å². The Balaban J connectivity index is 3.31. The summed E-state index contributed by atoms with van der Waals surface area (Å²) in [6.07, 6.45) is 16.8. The number of hydrogen-bond acceptors (Lipinski definition) is 3. The molecule has 0 rings (SSSR count).